The summed E-state index contributed by atoms with van der Waals surface area (Å²) < 4.78 is 5.36. The van der Waals surface area contributed by atoms with E-state index in [2.05, 4.69) is 43.0 Å². The third-order valence-electron chi connectivity index (χ3n) is 2.96. The molecule has 0 unspecified atom stereocenters. The highest BCUT2D eigenvalue weighted by atomic mass is 16.5. The van der Waals surface area contributed by atoms with Crippen LogP contribution in [-0.2, 0) is 11.2 Å². The third kappa shape index (κ3) is 2.99. The Kier molecular flexibility index (Phi) is 3.83. The molecule has 0 aromatic heterocycles. The van der Waals surface area contributed by atoms with Gasteiger partial charge in [-0.2, -0.15) is 0 Å². The number of hydrogen-bond donors (Lipinski definition) is 0. The second-order valence-corrected chi connectivity index (χ2v) is 4.86. The Hall–Kier alpha value is -1.02. The van der Waals surface area contributed by atoms with Crippen molar-refractivity contribution in [3.63, 3.8) is 0 Å². The number of benzene rings is 1. The second kappa shape index (κ2) is 5.35. The Morgan fingerprint density at radius 2 is 1.75 bits per heavy atom. The Morgan fingerprint density at radius 3 is 2.31 bits per heavy atom. The molecule has 2 nitrogen and oxygen atoms in total. The van der Waals surface area contributed by atoms with Gasteiger partial charge >= 0.3 is 0 Å². The average molecular weight is 219 g/mol. The molecule has 1 heterocycles. The van der Waals surface area contributed by atoms with E-state index in [4.69, 9.17) is 4.74 Å². The number of hydrogen-bond acceptors (Lipinski definition) is 2. The molecule has 0 N–H and O–H groups in total. The third-order valence-corrected chi connectivity index (χ3v) is 2.96. The van der Waals surface area contributed by atoms with Gasteiger partial charge in [-0.15, -0.1) is 0 Å². The second-order valence-electron chi connectivity index (χ2n) is 4.86. The monoisotopic (exact) mass is 219 g/mol. The van der Waals surface area contributed by atoms with Crippen molar-refractivity contribution in [2.75, 3.05) is 31.2 Å². The van der Waals surface area contributed by atoms with Gasteiger partial charge in [0.05, 0.1) is 13.2 Å². The van der Waals surface area contributed by atoms with E-state index in [0.717, 1.165) is 32.2 Å². The highest BCUT2D eigenvalue weighted by molar-refractivity contribution is 5.47. The zero-order chi connectivity index (χ0) is 11.4. The van der Waals surface area contributed by atoms with Gasteiger partial charge in [0.25, 0.3) is 0 Å². The number of morpholine rings is 1. The van der Waals surface area contributed by atoms with Crippen molar-refractivity contribution in [1.29, 1.82) is 0 Å². The fourth-order valence-electron chi connectivity index (χ4n) is 2.14. The molecule has 1 aliphatic rings. The highest BCUT2D eigenvalue weighted by Crippen LogP contribution is 2.18. The maximum atomic E-state index is 5.36. The average Bonchev–Trinajstić information content (AvgIpc) is 2.30. The van der Waals surface area contributed by atoms with Crippen molar-refractivity contribution in [3.8, 4) is 0 Å². The van der Waals surface area contributed by atoms with Crippen LogP contribution in [0.5, 0.6) is 0 Å². The standard InChI is InChI=1S/C14H21NO/c1-12(2)11-13-3-5-14(6-4-13)15-7-9-16-10-8-15/h3-6,12H,7-11H2,1-2H3. The zero-order valence-electron chi connectivity index (χ0n) is 10.3. The lowest BCUT2D eigenvalue weighted by Crippen LogP contribution is -2.36. The van der Waals surface area contributed by atoms with E-state index < -0.39 is 0 Å². The molecule has 0 bridgehead atoms. The summed E-state index contributed by atoms with van der Waals surface area (Å²) in [6, 6.07) is 8.99. The van der Waals surface area contributed by atoms with Crippen LogP contribution in [0.15, 0.2) is 24.3 Å². The molecule has 0 saturated carbocycles. The first-order chi connectivity index (χ1) is 7.75. The lowest BCUT2D eigenvalue weighted by Gasteiger charge is -2.29. The molecule has 1 aliphatic heterocycles. The molecule has 2 rings (SSSR count). The van der Waals surface area contributed by atoms with E-state index in [1.807, 2.05) is 0 Å². The summed E-state index contributed by atoms with van der Waals surface area (Å²) in [5.74, 6) is 0.731. The van der Waals surface area contributed by atoms with Crippen molar-refractivity contribution < 1.29 is 4.74 Å². The molecule has 0 amide bonds. The van der Waals surface area contributed by atoms with Gasteiger partial charge in [0.15, 0.2) is 0 Å². The molecule has 0 aliphatic carbocycles. The molecule has 88 valence electrons. The van der Waals surface area contributed by atoms with Crippen molar-refractivity contribution >= 4 is 5.69 Å². The minimum Gasteiger partial charge on any atom is -0.378 e. The molecule has 1 fully saturated rings. The molecule has 1 aromatic carbocycles. The molecular weight excluding hydrogens is 198 g/mol. The smallest absolute Gasteiger partial charge is 0.0642 e. The molecule has 0 atom stereocenters. The predicted molar refractivity (Wildman–Crippen MR) is 68.0 cm³/mol. The summed E-state index contributed by atoms with van der Waals surface area (Å²) in [5.41, 5.74) is 2.77. The van der Waals surface area contributed by atoms with Gasteiger partial charge in [-0.05, 0) is 30.0 Å². The summed E-state index contributed by atoms with van der Waals surface area (Å²) in [4.78, 5) is 2.39. The minimum atomic E-state index is 0.731. The molecule has 1 aromatic rings. The molecular formula is C14H21NO. The van der Waals surface area contributed by atoms with Gasteiger partial charge in [-0.1, -0.05) is 26.0 Å². The van der Waals surface area contributed by atoms with Crippen LogP contribution in [0.3, 0.4) is 0 Å². The van der Waals surface area contributed by atoms with Crippen LogP contribution in [0.25, 0.3) is 0 Å². The number of anilines is 1. The SMILES string of the molecule is CC(C)Cc1ccc(N2CCOCC2)cc1. The normalized spacial score (nSPS) is 16.8. The Balaban J connectivity index is 2.00. The van der Waals surface area contributed by atoms with Crippen molar-refractivity contribution in [1.82, 2.24) is 0 Å². The summed E-state index contributed by atoms with van der Waals surface area (Å²) in [7, 11) is 0. The van der Waals surface area contributed by atoms with Gasteiger partial charge in [-0.25, -0.2) is 0 Å². The van der Waals surface area contributed by atoms with E-state index in [1.54, 1.807) is 0 Å². The fourth-order valence-corrected chi connectivity index (χ4v) is 2.14. The Morgan fingerprint density at radius 1 is 1.12 bits per heavy atom. The molecule has 0 radical (unpaired) electrons. The van der Waals surface area contributed by atoms with Crippen LogP contribution in [0.1, 0.15) is 19.4 Å². The largest absolute Gasteiger partial charge is 0.378 e. The fraction of sp³-hybridized carbons (Fsp3) is 0.571. The van der Waals surface area contributed by atoms with Gasteiger partial charge in [-0.3, -0.25) is 0 Å². The number of nitrogens with zero attached hydrogens (tertiary/aromatic N) is 1. The van der Waals surface area contributed by atoms with Gasteiger partial charge in [0.2, 0.25) is 0 Å². The number of rotatable bonds is 3. The predicted octanol–water partition coefficient (Wildman–Crippen LogP) is 2.72. The van der Waals surface area contributed by atoms with Crippen LogP contribution in [0.4, 0.5) is 5.69 Å². The van der Waals surface area contributed by atoms with E-state index >= 15 is 0 Å². The van der Waals surface area contributed by atoms with Crippen LogP contribution in [0, 0.1) is 5.92 Å². The maximum absolute atomic E-state index is 5.36. The lowest BCUT2D eigenvalue weighted by molar-refractivity contribution is 0.122. The summed E-state index contributed by atoms with van der Waals surface area (Å²) >= 11 is 0. The van der Waals surface area contributed by atoms with Crippen molar-refractivity contribution in [2.24, 2.45) is 5.92 Å². The Labute approximate surface area is 98.2 Å². The molecule has 0 spiro atoms. The van der Waals surface area contributed by atoms with Gasteiger partial charge < -0.3 is 9.64 Å². The lowest BCUT2D eigenvalue weighted by atomic mass is 10.0. The minimum absolute atomic E-state index is 0.731. The zero-order valence-corrected chi connectivity index (χ0v) is 10.3. The first-order valence-electron chi connectivity index (χ1n) is 6.17. The van der Waals surface area contributed by atoms with Crippen LogP contribution in [0.2, 0.25) is 0 Å². The van der Waals surface area contributed by atoms with Crippen LogP contribution < -0.4 is 4.90 Å². The maximum Gasteiger partial charge on any atom is 0.0642 e. The van der Waals surface area contributed by atoms with E-state index in [-0.39, 0.29) is 0 Å². The van der Waals surface area contributed by atoms with E-state index in [1.165, 1.54) is 17.7 Å². The van der Waals surface area contributed by atoms with E-state index in [9.17, 15) is 0 Å². The summed E-state index contributed by atoms with van der Waals surface area (Å²) in [5, 5.41) is 0. The van der Waals surface area contributed by atoms with Crippen molar-refractivity contribution in [2.45, 2.75) is 20.3 Å². The van der Waals surface area contributed by atoms with Gasteiger partial charge in [0.1, 0.15) is 0 Å². The van der Waals surface area contributed by atoms with Crippen LogP contribution >= 0.6 is 0 Å². The molecule has 1 saturated heterocycles. The Bertz CT molecular complexity index is 312. The number of ether oxygens (including phenoxy) is 1. The van der Waals surface area contributed by atoms with Crippen LogP contribution in [-0.4, -0.2) is 26.3 Å². The first kappa shape index (κ1) is 11.5. The first-order valence-corrected chi connectivity index (χ1v) is 6.17. The molecule has 2 heteroatoms. The van der Waals surface area contributed by atoms with E-state index in [0.29, 0.717) is 0 Å². The quantitative estimate of drug-likeness (QED) is 0.775. The van der Waals surface area contributed by atoms with Crippen molar-refractivity contribution in [3.05, 3.63) is 29.8 Å². The molecule has 16 heavy (non-hydrogen) atoms. The summed E-state index contributed by atoms with van der Waals surface area (Å²) in [6.45, 7) is 8.26. The topological polar surface area (TPSA) is 12.5 Å². The highest BCUT2D eigenvalue weighted by Gasteiger charge is 2.10. The van der Waals surface area contributed by atoms with Gasteiger partial charge in [0, 0.05) is 18.8 Å². The summed E-state index contributed by atoms with van der Waals surface area (Å²) in [6.07, 6.45) is 1.17.